The number of anilines is 1. The first-order valence-corrected chi connectivity index (χ1v) is 10.7. The fraction of sp³-hybridized carbons (Fsp3) is 0.167. The number of nitrogens with one attached hydrogen (secondary N) is 1. The minimum absolute atomic E-state index is 0.00522. The van der Waals surface area contributed by atoms with Gasteiger partial charge in [-0.2, -0.15) is 0 Å². The van der Waals surface area contributed by atoms with Gasteiger partial charge in [0.05, 0.1) is 18.6 Å². The average molecular weight is 495 g/mol. The fourth-order valence-corrected chi connectivity index (χ4v) is 3.43. The molecule has 36 heavy (non-hydrogen) atoms. The molecule has 0 bridgehead atoms. The second-order valence-corrected chi connectivity index (χ2v) is 7.75. The largest absolute Gasteiger partial charge is 0.554 e. The van der Waals surface area contributed by atoms with Crippen molar-refractivity contribution in [1.29, 1.82) is 0 Å². The van der Waals surface area contributed by atoms with Gasteiger partial charge < -0.3 is 35.5 Å². The summed E-state index contributed by atoms with van der Waals surface area (Å²) in [4.78, 5) is 31.9. The molecule has 2 aromatic carbocycles. The van der Waals surface area contributed by atoms with Crippen LogP contribution in [0.4, 0.5) is 5.82 Å². The molecule has 0 aliphatic carbocycles. The number of amides is 1. The van der Waals surface area contributed by atoms with Crippen LogP contribution in [0.3, 0.4) is 0 Å². The van der Waals surface area contributed by atoms with Gasteiger partial charge in [0.25, 0.3) is 5.82 Å². The Hall–Kier alpha value is -4.42. The number of hydrogen-bond acceptors (Lipinski definition) is 8. The topological polar surface area (TPSA) is 197 Å². The second-order valence-electron chi connectivity index (χ2n) is 7.75. The maximum Gasteiger partial charge on any atom is 0.475 e. The van der Waals surface area contributed by atoms with Gasteiger partial charge >= 0.3 is 13.1 Å². The molecule has 188 valence electrons. The molecule has 0 aliphatic heterocycles. The highest BCUT2D eigenvalue weighted by Crippen LogP contribution is 2.24. The quantitative estimate of drug-likeness (QED) is 0.118. The number of aromatic carboxylic acids is 1. The number of nitrogens with two attached hydrogens (primary N) is 1. The maximum absolute atomic E-state index is 12.5. The highest BCUT2D eigenvalue weighted by molar-refractivity contribution is 6.43. The smallest absolute Gasteiger partial charge is 0.475 e. The highest BCUT2D eigenvalue weighted by atomic mass is 16.4. The number of pyridine rings is 1. The summed E-state index contributed by atoms with van der Waals surface area (Å²) < 4.78 is 1.89. The lowest BCUT2D eigenvalue weighted by molar-refractivity contribution is -0.674. The third-order valence-electron chi connectivity index (χ3n) is 5.21. The molecular weight excluding hydrogens is 469 g/mol. The van der Waals surface area contributed by atoms with E-state index >= 15 is 0 Å². The number of aromatic hydroxyl groups is 1. The zero-order valence-electron chi connectivity index (χ0n) is 19.2. The third-order valence-corrected chi connectivity index (χ3v) is 5.21. The molecule has 0 aliphatic rings. The second kappa shape index (κ2) is 13.5. The Balaban J connectivity index is 0.00000145. The van der Waals surface area contributed by atoms with E-state index in [2.05, 4.69) is 5.32 Å². The number of carboxylic acid groups (broad SMARTS) is 2. The number of carboxylic acids is 1. The first kappa shape index (κ1) is 27.8. The summed E-state index contributed by atoms with van der Waals surface area (Å²) in [6.07, 6.45) is 1.72. The first-order chi connectivity index (χ1) is 17.2. The Kier molecular flexibility index (Phi) is 10.4. The van der Waals surface area contributed by atoms with E-state index in [0.717, 1.165) is 11.1 Å². The van der Waals surface area contributed by atoms with Crippen molar-refractivity contribution in [2.45, 2.75) is 25.3 Å². The number of carbonyl (C=O) groups is 3. The highest BCUT2D eigenvalue weighted by Gasteiger charge is 2.27. The van der Waals surface area contributed by atoms with Crippen LogP contribution in [-0.2, 0) is 29.0 Å². The summed E-state index contributed by atoms with van der Waals surface area (Å²) in [5.74, 6) is -2.73. The lowest BCUT2D eigenvalue weighted by atomic mass is 9.75. The molecule has 0 radical (unpaired) electrons. The number of phenols is 1. The van der Waals surface area contributed by atoms with Crippen molar-refractivity contribution in [3.8, 4) is 5.75 Å². The van der Waals surface area contributed by atoms with E-state index < -0.39 is 37.2 Å². The first-order valence-electron chi connectivity index (χ1n) is 10.7. The van der Waals surface area contributed by atoms with Crippen LogP contribution in [0.25, 0.3) is 0 Å². The van der Waals surface area contributed by atoms with Crippen LogP contribution < -0.4 is 20.7 Å². The van der Waals surface area contributed by atoms with Gasteiger partial charge in [-0.25, -0.2) is 9.36 Å². The molecule has 0 fully saturated rings. The molecule has 1 atom stereocenters. The number of carbonyl (C=O) groups excluding carboxylic acids is 2. The molecule has 0 unspecified atom stereocenters. The minimum atomic E-state index is -1.91. The Morgan fingerprint density at radius 3 is 2.28 bits per heavy atom. The average Bonchev–Trinajstić information content (AvgIpc) is 2.83. The summed E-state index contributed by atoms with van der Waals surface area (Å²) >= 11 is 0. The summed E-state index contributed by atoms with van der Waals surface area (Å²) in [6, 6.07) is 17.1. The molecule has 1 amide bonds. The number of para-hydroxylation sites is 1. The van der Waals surface area contributed by atoms with Crippen LogP contribution in [0.15, 0.2) is 66.9 Å². The summed E-state index contributed by atoms with van der Waals surface area (Å²) in [5, 5.41) is 49.4. The normalized spacial score (nSPS) is 10.9. The predicted octanol–water partition coefficient (Wildman–Crippen LogP) is -1.34. The SMILES string of the molecule is Nc1cccc[n+]1Cc1ccc(CC(=O)N[C@@H](Cc2cccc(C(=O)O)c2O)B(O)O)cc1.O=C[O-]. The minimum Gasteiger partial charge on any atom is -0.554 e. The summed E-state index contributed by atoms with van der Waals surface area (Å²) in [5.41, 5.74) is 7.54. The molecule has 12 heteroatoms. The zero-order chi connectivity index (χ0) is 26.7. The molecular formula is C24H26BN3O8. The molecule has 1 heterocycles. The van der Waals surface area contributed by atoms with Crippen molar-refractivity contribution < 1.29 is 44.3 Å². The Labute approximate surface area is 207 Å². The van der Waals surface area contributed by atoms with Gasteiger partial charge in [-0.15, -0.1) is 0 Å². The van der Waals surface area contributed by atoms with Gasteiger partial charge in [-0.3, -0.25) is 10.5 Å². The number of hydrogen-bond donors (Lipinski definition) is 6. The van der Waals surface area contributed by atoms with E-state index in [9.17, 15) is 24.7 Å². The van der Waals surface area contributed by atoms with Crippen molar-refractivity contribution in [1.82, 2.24) is 5.32 Å². The van der Waals surface area contributed by atoms with E-state index in [0.29, 0.717) is 12.4 Å². The van der Waals surface area contributed by atoms with Crippen LogP contribution in [-0.4, -0.2) is 51.7 Å². The van der Waals surface area contributed by atoms with Crippen LogP contribution >= 0.6 is 0 Å². The van der Waals surface area contributed by atoms with Crippen molar-refractivity contribution >= 4 is 31.3 Å². The lowest BCUT2D eigenvalue weighted by Crippen LogP contribution is -2.48. The van der Waals surface area contributed by atoms with Crippen LogP contribution in [0.2, 0.25) is 0 Å². The third kappa shape index (κ3) is 8.11. The molecule has 11 nitrogen and oxygen atoms in total. The number of nitrogen functional groups attached to an aromatic ring is 1. The number of rotatable bonds is 9. The van der Waals surface area contributed by atoms with Gasteiger partial charge in [-0.05, 0) is 35.2 Å². The van der Waals surface area contributed by atoms with E-state index in [1.54, 1.807) is 12.1 Å². The van der Waals surface area contributed by atoms with E-state index in [1.165, 1.54) is 18.2 Å². The lowest BCUT2D eigenvalue weighted by Gasteiger charge is -2.19. The Bertz CT molecular complexity index is 1190. The molecule has 0 saturated carbocycles. The number of nitrogens with zero attached hydrogens (tertiary/aromatic N) is 1. The van der Waals surface area contributed by atoms with E-state index in [1.807, 2.05) is 41.1 Å². The molecule has 0 saturated heterocycles. The van der Waals surface area contributed by atoms with Gasteiger partial charge in [0, 0.05) is 12.5 Å². The van der Waals surface area contributed by atoms with Crippen molar-refractivity contribution in [3.05, 3.63) is 89.1 Å². The van der Waals surface area contributed by atoms with Gasteiger partial charge in [-0.1, -0.05) is 42.5 Å². The van der Waals surface area contributed by atoms with E-state index in [-0.39, 0.29) is 24.0 Å². The molecule has 1 aromatic heterocycles. The monoisotopic (exact) mass is 495 g/mol. The molecule has 3 rings (SSSR count). The van der Waals surface area contributed by atoms with Crippen LogP contribution in [0.1, 0.15) is 27.0 Å². The predicted molar refractivity (Wildman–Crippen MR) is 127 cm³/mol. The van der Waals surface area contributed by atoms with Crippen molar-refractivity contribution in [3.63, 3.8) is 0 Å². The molecule has 0 spiro atoms. The zero-order valence-corrected chi connectivity index (χ0v) is 19.2. The molecule has 3 aromatic rings. The van der Waals surface area contributed by atoms with Crippen LogP contribution in [0, 0.1) is 0 Å². The Morgan fingerprint density at radius 2 is 1.69 bits per heavy atom. The van der Waals surface area contributed by atoms with Crippen molar-refractivity contribution in [2.75, 3.05) is 5.73 Å². The van der Waals surface area contributed by atoms with Crippen LogP contribution in [0.5, 0.6) is 5.75 Å². The standard InChI is InChI=1S/C23H24BN3O6.CH2O2/c25-20-6-1-2-11-27(20)14-16-9-7-15(8-10-16)12-21(28)26-19(24(32)33)13-17-4-3-5-18(22(17)29)23(30)31;2-1-3/h1-11,19,25,32-33H,12-14H2,(H3,26,28,29,30,31);1H,(H,2,3)/t19-;/m0./s1. The molecule has 7 N–H and O–H groups in total. The summed E-state index contributed by atoms with van der Waals surface area (Å²) in [7, 11) is -1.91. The maximum atomic E-state index is 12.5. The number of benzene rings is 2. The number of aromatic nitrogens is 1. The van der Waals surface area contributed by atoms with Gasteiger partial charge in [0.1, 0.15) is 17.9 Å². The van der Waals surface area contributed by atoms with E-state index in [4.69, 9.17) is 20.7 Å². The summed E-state index contributed by atoms with van der Waals surface area (Å²) in [6.45, 7) is 0.0802. The fourth-order valence-electron chi connectivity index (χ4n) is 3.43. The van der Waals surface area contributed by atoms with Gasteiger partial charge in [0.2, 0.25) is 5.91 Å². The Morgan fingerprint density at radius 1 is 1.06 bits per heavy atom. The van der Waals surface area contributed by atoms with Crippen molar-refractivity contribution in [2.24, 2.45) is 0 Å². The van der Waals surface area contributed by atoms with Gasteiger partial charge in [0.15, 0.2) is 0 Å².